The molecule has 0 aliphatic heterocycles. The smallest absolute Gasteiger partial charge is 0.480 e. The van der Waals surface area contributed by atoms with Crippen molar-refractivity contribution in [1.82, 2.24) is 0 Å². The number of rotatable bonds is 5. The van der Waals surface area contributed by atoms with Crippen LogP contribution in [-0.4, -0.2) is 35.0 Å². The van der Waals surface area contributed by atoms with Crippen LogP contribution in [0.1, 0.15) is 5.56 Å². The summed E-state index contributed by atoms with van der Waals surface area (Å²) in [6.07, 6.45) is 2.11. The van der Waals surface area contributed by atoms with Gasteiger partial charge >= 0.3 is 11.0 Å². The predicted molar refractivity (Wildman–Crippen MR) is 110 cm³/mol. The van der Waals surface area contributed by atoms with Gasteiger partial charge in [0.05, 0.1) is 12.5 Å². The van der Waals surface area contributed by atoms with Crippen molar-refractivity contribution in [3.8, 4) is 5.75 Å². The number of nitrogens with zero attached hydrogens (tertiary/aromatic N) is 2. The second-order valence-electron chi connectivity index (χ2n) is 6.46. The molecule has 0 saturated heterocycles. The van der Waals surface area contributed by atoms with E-state index in [2.05, 4.69) is 59.3 Å². The Morgan fingerprint density at radius 1 is 0.824 bits per heavy atom. The molecule has 0 fully saturated rings. The first-order valence-corrected chi connectivity index (χ1v) is 11.8. The van der Waals surface area contributed by atoms with Crippen molar-refractivity contribution in [1.29, 1.82) is 0 Å². The molecule has 0 spiro atoms. The average molecular weight is 530 g/mol. The van der Waals surface area contributed by atoms with Crippen molar-refractivity contribution in [2.45, 2.75) is 17.6 Å². The summed E-state index contributed by atoms with van der Waals surface area (Å²) in [5, 5.41) is 1.19. The maximum atomic E-state index is 11.4. The Balaban J connectivity index is 0.000000249. The lowest BCUT2D eigenvalue weighted by atomic mass is 10.1. The maximum Gasteiger partial charge on any atom is 0.480 e. The number of hydrogen-bond acceptors (Lipinski definition) is 5. The van der Waals surface area contributed by atoms with Crippen molar-refractivity contribution in [3.63, 3.8) is 0 Å². The molecular formula is C19H16F6N2O5S2. The van der Waals surface area contributed by atoms with Crippen LogP contribution >= 0.6 is 0 Å². The summed E-state index contributed by atoms with van der Waals surface area (Å²) in [6.45, 7) is 0.879. The summed E-state index contributed by atoms with van der Waals surface area (Å²) in [6, 6.07) is 20.8. The fourth-order valence-electron chi connectivity index (χ4n) is 2.52. The molecule has 1 aromatic heterocycles. The molecule has 0 aliphatic carbocycles. The molecule has 0 N–H and O–H groups in total. The Labute approximate surface area is 190 Å². The van der Waals surface area contributed by atoms with E-state index >= 15 is 0 Å². The van der Waals surface area contributed by atoms with Crippen molar-refractivity contribution >= 4 is 30.9 Å². The quantitative estimate of drug-likeness (QED) is 0.363. The van der Waals surface area contributed by atoms with Crippen LogP contribution in [0.5, 0.6) is 5.75 Å². The van der Waals surface area contributed by atoms with Crippen molar-refractivity contribution < 1.29 is 52.5 Å². The first-order valence-electron chi connectivity index (χ1n) is 8.94. The molecule has 0 saturated carbocycles. The van der Waals surface area contributed by atoms with Crippen LogP contribution in [0.2, 0.25) is 0 Å². The van der Waals surface area contributed by atoms with E-state index in [1.807, 2.05) is 12.1 Å². The Bertz CT molecular complexity index is 1300. The van der Waals surface area contributed by atoms with Gasteiger partial charge in [0.15, 0.2) is 32.8 Å². The standard InChI is InChI=1S/C17H16NO.C2F6NO4S2/c1-19-16-9-10-17-15(12-16)8-5-11-18(17)13-14-6-3-2-4-7-14;3-1(4,5)14(10,11)9-15(12,13)2(6,7)8/h2-12H,13H2,1H3;/q+1;-1. The monoisotopic (exact) mass is 530 g/mol. The molecule has 0 aliphatic rings. The number of hydrogen-bond donors (Lipinski definition) is 0. The van der Waals surface area contributed by atoms with Crippen LogP contribution in [0.4, 0.5) is 26.3 Å². The zero-order valence-electron chi connectivity index (χ0n) is 17.1. The highest BCUT2D eigenvalue weighted by Crippen LogP contribution is 2.36. The molecule has 15 heteroatoms. The first kappa shape index (κ1) is 27.3. The van der Waals surface area contributed by atoms with E-state index in [0.29, 0.717) is 0 Å². The van der Waals surface area contributed by atoms with Crippen molar-refractivity contribution in [2.75, 3.05) is 7.11 Å². The number of aromatic nitrogens is 1. The average Bonchev–Trinajstić information content (AvgIpc) is 2.72. The Morgan fingerprint density at radius 2 is 1.38 bits per heavy atom. The number of methoxy groups -OCH3 is 1. The minimum atomic E-state index is -6.72. The number of pyridine rings is 1. The maximum absolute atomic E-state index is 11.4. The van der Waals surface area contributed by atoms with Gasteiger partial charge in [0.1, 0.15) is 5.75 Å². The molecule has 0 bridgehead atoms. The molecule has 7 nitrogen and oxygen atoms in total. The largest absolute Gasteiger partial charge is 0.497 e. The van der Waals surface area contributed by atoms with Gasteiger partial charge in [-0.1, -0.05) is 30.3 Å². The van der Waals surface area contributed by atoms with Crippen molar-refractivity contribution in [2.24, 2.45) is 0 Å². The lowest BCUT2D eigenvalue weighted by Crippen LogP contribution is -2.34. The zero-order valence-corrected chi connectivity index (χ0v) is 18.7. The van der Waals surface area contributed by atoms with Gasteiger partial charge in [0.25, 0.3) is 0 Å². The topological polar surface area (TPSA) is 95.5 Å². The Morgan fingerprint density at radius 3 is 1.88 bits per heavy atom. The summed E-state index contributed by atoms with van der Waals surface area (Å²) in [7, 11) is -11.7. The molecule has 186 valence electrons. The number of ether oxygens (including phenoxy) is 1. The Kier molecular flexibility index (Phi) is 8.16. The number of halogens is 6. The third-order valence-electron chi connectivity index (χ3n) is 4.06. The van der Waals surface area contributed by atoms with Gasteiger partial charge in [0, 0.05) is 17.7 Å². The molecule has 1 heterocycles. The zero-order chi connectivity index (χ0) is 25.8. The van der Waals surface area contributed by atoms with Gasteiger partial charge in [-0.25, -0.2) is 16.8 Å². The minimum Gasteiger partial charge on any atom is -0.497 e. The lowest BCUT2D eigenvalue weighted by Gasteiger charge is -2.22. The fourth-order valence-corrected chi connectivity index (χ4v) is 4.23. The van der Waals surface area contributed by atoms with Crippen molar-refractivity contribution in [3.05, 3.63) is 76.6 Å². The molecule has 0 radical (unpaired) electrons. The minimum absolute atomic E-state index is 0.778. The van der Waals surface area contributed by atoms with E-state index in [4.69, 9.17) is 4.74 Å². The lowest BCUT2D eigenvalue weighted by molar-refractivity contribution is -0.662. The molecule has 3 rings (SSSR count). The third kappa shape index (κ3) is 6.80. The first-order chi connectivity index (χ1) is 15.6. The summed E-state index contributed by atoms with van der Waals surface area (Å²) in [5.74, 6) is 0.893. The van der Waals surface area contributed by atoms with E-state index in [-0.39, 0.29) is 0 Å². The summed E-state index contributed by atoms with van der Waals surface area (Å²) >= 11 is 0. The second-order valence-corrected chi connectivity index (χ2v) is 9.88. The summed E-state index contributed by atoms with van der Waals surface area (Å²) in [4.78, 5) is 0. The van der Waals surface area contributed by atoms with Crippen LogP contribution in [0.3, 0.4) is 0 Å². The van der Waals surface area contributed by atoms with Crippen LogP contribution < -0.4 is 9.30 Å². The van der Waals surface area contributed by atoms with Gasteiger partial charge in [-0.15, -0.1) is 0 Å². The van der Waals surface area contributed by atoms with E-state index in [9.17, 15) is 43.2 Å². The predicted octanol–water partition coefficient (Wildman–Crippen LogP) is 4.24. The Hall–Kier alpha value is -2.91. The summed E-state index contributed by atoms with van der Waals surface area (Å²) in [5.41, 5.74) is -9.89. The van der Waals surface area contributed by atoms with E-state index < -0.39 is 31.1 Å². The number of sulfonamides is 2. The van der Waals surface area contributed by atoms with Gasteiger partial charge in [-0.05, 0) is 18.2 Å². The van der Waals surface area contributed by atoms with Crippen LogP contribution in [0, 0.1) is 0 Å². The molecule has 0 unspecified atom stereocenters. The van der Waals surface area contributed by atoms with Gasteiger partial charge in [-0.2, -0.15) is 30.9 Å². The fraction of sp³-hybridized carbons (Fsp3) is 0.211. The van der Waals surface area contributed by atoms with E-state index in [1.54, 1.807) is 7.11 Å². The highest BCUT2D eigenvalue weighted by atomic mass is 32.3. The van der Waals surface area contributed by atoms with Crippen LogP contribution in [0.25, 0.3) is 15.0 Å². The van der Waals surface area contributed by atoms with Crippen LogP contribution in [-0.2, 0) is 26.6 Å². The third-order valence-corrected chi connectivity index (χ3v) is 6.80. The highest BCUT2D eigenvalue weighted by molar-refractivity contribution is 8.13. The molecule has 34 heavy (non-hydrogen) atoms. The molecule has 0 atom stereocenters. The number of benzene rings is 2. The van der Waals surface area contributed by atoms with Gasteiger partial charge < -0.3 is 8.86 Å². The number of alkyl halides is 6. The molecule has 3 aromatic rings. The van der Waals surface area contributed by atoms with Gasteiger partial charge in [-0.3, -0.25) is 0 Å². The highest BCUT2D eigenvalue weighted by Gasteiger charge is 2.46. The second kappa shape index (κ2) is 10.1. The molecule has 0 amide bonds. The van der Waals surface area contributed by atoms with Crippen LogP contribution in [0.15, 0.2) is 66.9 Å². The molecular weight excluding hydrogens is 514 g/mol. The SMILES string of the molecule is COc1ccc2c(ccc[n+]2Cc2ccccc2)c1.O=S(=O)([N-]S(=O)(=O)C(F)(F)F)C(F)(F)F. The van der Waals surface area contributed by atoms with Gasteiger partial charge in [0.2, 0.25) is 5.52 Å². The van der Waals surface area contributed by atoms with E-state index in [1.165, 1.54) is 16.5 Å². The number of fused-ring (bicyclic) bond motifs is 1. The normalized spacial score (nSPS) is 12.7. The summed E-state index contributed by atoms with van der Waals surface area (Å²) < 4.78 is 117. The molecule has 2 aromatic carbocycles. The van der Waals surface area contributed by atoms with E-state index in [0.717, 1.165) is 16.4 Å².